The second-order valence-electron chi connectivity index (χ2n) is 4.32. The van der Waals surface area contributed by atoms with Crippen LogP contribution in [-0.2, 0) is 0 Å². The highest BCUT2D eigenvalue weighted by Crippen LogP contribution is 2.24. The molecular formula is C14H13BrFN3O. The van der Waals surface area contributed by atoms with E-state index in [1.807, 2.05) is 14.1 Å². The fourth-order valence-corrected chi connectivity index (χ4v) is 2.16. The van der Waals surface area contributed by atoms with Crippen molar-refractivity contribution < 1.29 is 9.18 Å². The minimum atomic E-state index is -0.475. The molecule has 0 aliphatic heterocycles. The molecular weight excluding hydrogens is 325 g/mol. The molecule has 1 heterocycles. The number of nitrogens with one attached hydrogen (secondary N) is 1. The van der Waals surface area contributed by atoms with E-state index in [1.165, 1.54) is 12.1 Å². The van der Waals surface area contributed by atoms with Crippen molar-refractivity contribution in [1.82, 2.24) is 4.98 Å². The number of halogens is 2. The van der Waals surface area contributed by atoms with E-state index in [9.17, 15) is 9.18 Å². The van der Waals surface area contributed by atoms with Crippen molar-refractivity contribution in [2.75, 3.05) is 24.3 Å². The second kappa shape index (κ2) is 6.00. The van der Waals surface area contributed by atoms with Crippen molar-refractivity contribution in [3.05, 3.63) is 52.4 Å². The predicted octanol–water partition coefficient (Wildman–Crippen LogP) is 3.30. The molecule has 0 aliphatic carbocycles. The molecule has 4 nitrogen and oxygen atoms in total. The molecule has 2 rings (SSSR count). The van der Waals surface area contributed by atoms with Gasteiger partial charge in [0.05, 0.1) is 15.7 Å². The van der Waals surface area contributed by atoms with Crippen LogP contribution in [0.5, 0.6) is 0 Å². The van der Waals surface area contributed by atoms with Gasteiger partial charge in [-0.25, -0.2) is 9.37 Å². The number of aromatic nitrogens is 1. The monoisotopic (exact) mass is 337 g/mol. The zero-order valence-electron chi connectivity index (χ0n) is 11.0. The van der Waals surface area contributed by atoms with Gasteiger partial charge in [-0.2, -0.15) is 0 Å². The van der Waals surface area contributed by atoms with Crippen LogP contribution in [0.2, 0.25) is 0 Å². The third kappa shape index (κ3) is 2.96. The summed E-state index contributed by atoms with van der Waals surface area (Å²) in [6.07, 6.45) is 1.64. The van der Waals surface area contributed by atoms with E-state index in [2.05, 4.69) is 26.2 Å². The lowest BCUT2D eigenvalue weighted by molar-refractivity contribution is 0.102. The summed E-state index contributed by atoms with van der Waals surface area (Å²) >= 11 is 3.08. The number of amides is 1. The minimum absolute atomic E-state index is 0.146. The Hall–Kier alpha value is -1.95. The predicted molar refractivity (Wildman–Crippen MR) is 80.6 cm³/mol. The average Bonchev–Trinajstić information content (AvgIpc) is 2.42. The molecule has 1 N–H and O–H groups in total. The van der Waals surface area contributed by atoms with Crippen molar-refractivity contribution in [3.8, 4) is 0 Å². The fraction of sp³-hybridized carbons (Fsp3) is 0.143. The summed E-state index contributed by atoms with van der Waals surface area (Å²) in [5, 5.41) is 2.74. The number of hydrogen-bond acceptors (Lipinski definition) is 3. The molecule has 20 heavy (non-hydrogen) atoms. The lowest BCUT2D eigenvalue weighted by Gasteiger charge is -2.16. The number of hydrogen-bond donors (Lipinski definition) is 1. The van der Waals surface area contributed by atoms with Gasteiger partial charge >= 0.3 is 0 Å². The number of carbonyl (C=O) groups excluding carboxylic acids is 1. The standard InChI is InChI=1S/C14H13BrFN3O/c1-19(2)13-11(7-4-8-17-13)18-14(20)9-5-3-6-10(16)12(9)15/h3-8H,1-2H3,(H,18,20). The van der Waals surface area contributed by atoms with Crippen molar-refractivity contribution in [1.29, 1.82) is 0 Å². The van der Waals surface area contributed by atoms with Crippen LogP contribution in [-0.4, -0.2) is 25.0 Å². The zero-order valence-corrected chi connectivity index (χ0v) is 12.6. The Morgan fingerprint density at radius 1 is 1.30 bits per heavy atom. The third-order valence-corrected chi connectivity index (χ3v) is 3.46. The largest absolute Gasteiger partial charge is 0.361 e. The maximum atomic E-state index is 13.4. The number of nitrogens with zero attached hydrogens (tertiary/aromatic N) is 2. The van der Waals surface area contributed by atoms with Gasteiger partial charge in [-0.1, -0.05) is 6.07 Å². The van der Waals surface area contributed by atoms with E-state index >= 15 is 0 Å². The van der Waals surface area contributed by atoms with Gasteiger partial charge in [0, 0.05) is 20.3 Å². The van der Waals surface area contributed by atoms with Gasteiger partial charge in [-0.05, 0) is 40.2 Å². The quantitative estimate of drug-likeness (QED) is 0.934. The normalized spacial score (nSPS) is 10.2. The van der Waals surface area contributed by atoms with E-state index in [4.69, 9.17) is 0 Å². The smallest absolute Gasteiger partial charge is 0.257 e. The van der Waals surface area contributed by atoms with Crippen molar-refractivity contribution in [2.45, 2.75) is 0 Å². The Labute approximate surface area is 124 Å². The Morgan fingerprint density at radius 3 is 2.75 bits per heavy atom. The first kappa shape index (κ1) is 14.5. The lowest BCUT2D eigenvalue weighted by atomic mass is 10.2. The summed E-state index contributed by atoms with van der Waals surface area (Å²) in [5.41, 5.74) is 0.803. The van der Waals surface area contributed by atoms with Crippen LogP contribution in [0.15, 0.2) is 41.0 Å². The van der Waals surface area contributed by atoms with Crippen LogP contribution < -0.4 is 10.2 Å². The van der Waals surface area contributed by atoms with Crippen molar-refractivity contribution >= 4 is 33.3 Å². The number of benzene rings is 1. The summed E-state index contributed by atoms with van der Waals surface area (Å²) < 4.78 is 13.6. The summed E-state index contributed by atoms with van der Waals surface area (Å²) in [4.78, 5) is 18.2. The summed E-state index contributed by atoms with van der Waals surface area (Å²) in [7, 11) is 3.66. The van der Waals surface area contributed by atoms with E-state index in [1.54, 1.807) is 29.3 Å². The molecule has 0 unspecified atom stereocenters. The molecule has 0 atom stereocenters. The van der Waals surface area contributed by atoms with E-state index in [0.29, 0.717) is 11.5 Å². The van der Waals surface area contributed by atoms with Crippen molar-refractivity contribution in [2.24, 2.45) is 0 Å². The number of rotatable bonds is 3. The van der Waals surface area contributed by atoms with E-state index in [0.717, 1.165) is 0 Å². The minimum Gasteiger partial charge on any atom is -0.361 e. The van der Waals surface area contributed by atoms with Crippen LogP contribution in [0.25, 0.3) is 0 Å². The zero-order chi connectivity index (χ0) is 14.7. The first-order chi connectivity index (χ1) is 9.50. The highest BCUT2D eigenvalue weighted by atomic mass is 79.9. The second-order valence-corrected chi connectivity index (χ2v) is 5.12. The molecule has 1 aromatic carbocycles. The molecule has 0 saturated heterocycles. The first-order valence-corrected chi connectivity index (χ1v) is 6.67. The first-order valence-electron chi connectivity index (χ1n) is 5.88. The molecule has 1 amide bonds. The maximum absolute atomic E-state index is 13.4. The van der Waals surface area contributed by atoms with Gasteiger partial charge in [0.1, 0.15) is 5.82 Å². The topological polar surface area (TPSA) is 45.2 Å². The number of anilines is 2. The molecule has 104 valence electrons. The Kier molecular flexibility index (Phi) is 4.34. The molecule has 0 saturated carbocycles. The van der Waals surface area contributed by atoms with E-state index < -0.39 is 11.7 Å². The van der Waals surface area contributed by atoms with Gasteiger partial charge in [0.2, 0.25) is 0 Å². The van der Waals surface area contributed by atoms with Crippen LogP contribution in [0.3, 0.4) is 0 Å². The van der Waals surface area contributed by atoms with Crippen LogP contribution in [0.1, 0.15) is 10.4 Å². The highest BCUT2D eigenvalue weighted by Gasteiger charge is 2.15. The van der Waals surface area contributed by atoms with Crippen LogP contribution in [0.4, 0.5) is 15.9 Å². The number of pyridine rings is 1. The Bertz CT molecular complexity index is 646. The third-order valence-electron chi connectivity index (χ3n) is 2.65. The van der Waals surface area contributed by atoms with Crippen LogP contribution >= 0.6 is 15.9 Å². The molecule has 0 aliphatic rings. The van der Waals surface area contributed by atoms with Gasteiger partial charge in [-0.15, -0.1) is 0 Å². The molecule has 0 fully saturated rings. The molecule has 6 heteroatoms. The molecule has 0 spiro atoms. The van der Waals surface area contributed by atoms with Gasteiger partial charge in [0.25, 0.3) is 5.91 Å². The molecule has 2 aromatic rings. The molecule has 1 aromatic heterocycles. The fourth-order valence-electron chi connectivity index (χ4n) is 1.72. The average molecular weight is 338 g/mol. The summed E-state index contributed by atoms with van der Waals surface area (Å²) in [5.74, 6) is -0.238. The van der Waals surface area contributed by atoms with Crippen molar-refractivity contribution in [3.63, 3.8) is 0 Å². The number of carbonyl (C=O) groups is 1. The summed E-state index contributed by atoms with van der Waals surface area (Å²) in [6.45, 7) is 0. The lowest BCUT2D eigenvalue weighted by Crippen LogP contribution is -2.18. The van der Waals surface area contributed by atoms with Gasteiger partial charge < -0.3 is 10.2 Å². The summed E-state index contributed by atoms with van der Waals surface area (Å²) in [6, 6.07) is 7.80. The van der Waals surface area contributed by atoms with Crippen LogP contribution in [0, 0.1) is 5.82 Å². The Balaban J connectivity index is 2.31. The Morgan fingerprint density at radius 2 is 2.05 bits per heavy atom. The van der Waals surface area contributed by atoms with E-state index in [-0.39, 0.29) is 10.0 Å². The maximum Gasteiger partial charge on any atom is 0.257 e. The highest BCUT2D eigenvalue weighted by molar-refractivity contribution is 9.10. The molecule has 0 radical (unpaired) electrons. The van der Waals surface area contributed by atoms with Gasteiger partial charge in [0.15, 0.2) is 5.82 Å². The molecule has 0 bridgehead atoms. The SMILES string of the molecule is CN(C)c1ncccc1NC(=O)c1cccc(F)c1Br. The van der Waals surface area contributed by atoms with Gasteiger partial charge in [-0.3, -0.25) is 4.79 Å².